The van der Waals surface area contributed by atoms with Gasteiger partial charge in [-0.25, -0.2) is 0 Å². The quantitative estimate of drug-likeness (QED) is 0.743. The van der Waals surface area contributed by atoms with Crippen LogP contribution in [0.1, 0.15) is 16.5 Å². The molecule has 1 aliphatic rings. The number of thioether (sulfide) groups is 1. The smallest absolute Gasteiger partial charge is 0.233 e. The lowest BCUT2D eigenvalue weighted by molar-refractivity contribution is -0.128. The lowest BCUT2D eigenvalue weighted by Crippen LogP contribution is -2.30. The number of carbonyl (C=O) groups is 1. The molecule has 0 radical (unpaired) electrons. The van der Waals surface area contributed by atoms with Crippen LogP contribution in [0.15, 0.2) is 42.5 Å². The molecular formula is C20H23NO4S. The van der Waals surface area contributed by atoms with E-state index in [2.05, 4.69) is 12.1 Å². The van der Waals surface area contributed by atoms with E-state index in [4.69, 9.17) is 14.2 Å². The second-order valence-corrected chi connectivity index (χ2v) is 7.01. The molecule has 1 saturated heterocycles. The van der Waals surface area contributed by atoms with Gasteiger partial charge in [-0.05, 0) is 29.7 Å². The van der Waals surface area contributed by atoms with Crippen molar-refractivity contribution in [3.8, 4) is 17.2 Å². The zero-order chi connectivity index (χ0) is 18.5. The van der Waals surface area contributed by atoms with Gasteiger partial charge in [0.05, 0.1) is 27.1 Å². The minimum atomic E-state index is -0.0556. The van der Waals surface area contributed by atoms with Gasteiger partial charge in [-0.1, -0.05) is 30.3 Å². The van der Waals surface area contributed by atoms with Crippen LogP contribution in [0.2, 0.25) is 0 Å². The first-order valence-corrected chi connectivity index (χ1v) is 9.47. The first-order chi connectivity index (χ1) is 12.7. The molecule has 2 aromatic rings. The molecular weight excluding hydrogens is 350 g/mol. The van der Waals surface area contributed by atoms with Gasteiger partial charge in [0.25, 0.3) is 0 Å². The van der Waals surface area contributed by atoms with E-state index in [1.54, 1.807) is 33.1 Å². The van der Waals surface area contributed by atoms with E-state index in [1.807, 2.05) is 35.2 Å². The van der Waals surface area contributed by atoms with Gasteiger partial charge < -0.3 is 19.1 Å². The number of amides is 1. The highest BCUT2D eigenvalue weighted by molar-refractivity contribution is 8.00. The summed E-state index contributed by atoms with van der Waals surface area (Å²) in [5.41, 5.74) is 2.20. The first kappa shape index (κ1) is 18.5. The maximum Gasteiger partial charge on any atom is 0.233 e. The molecule has 0 aliphatic carbocycles. The van der Waals surface area contributed by atoms with Gasteiger partial charge in [0.1, 0.15) is 5.37 Å². The van der Waals surface area contributed by atoms with Crippen LogP contribution in [0.25, 0.3) is 0 Å². The van der Waals surface area contributed by atoms with Crippen molar-refractivity contribution in [1.29, 1.82) is 0 Å². The molecule has 1 fully saturated rings. The standard InChI is InChI=1S/C20H23NO4S/c1-23-16-11-15(12-17(24-2)19(16)25-3)20-21(18(22)13-26-20)10-9-14-7-5-4-6-8-14/h4-8,11-12,20H,9-10,13H2,1-3H3/t20-/m1/s1. The average Bonchev–Trinajstić information content (AvgIpc) is 3.06. The molecule has 3 rings (SSSR count). The Bertz CT molecular complexity index is 741. The van der Waals surface area contributed by atoms with E-state index >= 15 is 0 Å². The van der Waals surface area contributed by atoms with Crippen LogP contribution in [0, 0.1) is 0 Å². The number of hydrogen-bond acceptors (Lipinski definition) is 5. The molecule has 0 saturated carbocycles. The van der Waals surface area contributed by atoms with Crippen molar-refractivity contribution in [1.82, 2.24) is 4.90 Å². The Morgan fingerprint density at radius 3 is 2.27 bits per heavy atom. The number of nitrogens with zero attached hydrogens (tertiary/aromatic N) is 1. The molecule has 0 unspecified atom stereocenters. The summed E-state index contributed by atoms with van der Waals surface area (Å²) < 4.78 is 16.3. The fourth-order valence-corrected chi connectivity index (χ4v) is 4.31. The minimum absolute atomic E-state index is 0.0556. The van der Waals surface area contributed by atoms with Crippen LogP contribution in [0.4, 0.5) is 0 Å². The van der Waals surface area contributed by atoms with Gasteiger partial charge >= 0.3 is 0 Å². The molecule has 0 bridgehead atoms. The molecule has 0 aromatic heterocycles. The molecule has 26 heavy (non-hydrogen) atoms. The van der Waals surface area contributed by atoms with Gasteiger partial charge in [0.15, 0.2) is 11.5 Å². The summed E-state index contributed by atoms with van der Waals surface area (Å²) in [5.74, 6) is 2.40. The molecule has 0 N–H and O–H groups in total. The van der Waals surface area contributed by atoms with E-state index in [0.29, 0.717) is 29.5 Å². The van der Waals surface area contributed by atoms with Gasteiger partial charge in [0, 0.05) is 6.54 Å². The maximum atomic E-state index is 12.4. The Morgan fingerprint density at radius 1 is 1.04 bits per heavy atom. The second kappa shape index (κ2) is 8.36. The van der Waals surface area contributed by atoms with Gasteiger partial charge in [-0.2, -0.15) is 0 Å². The molecule has 1 amide bonds. The lowest BCUT2D eigenvalue weighted by atomic mass is 10.1. The van der Waals surface area contributed by atoms with E-state index in [0.717, 1.165) is 12.0 Å². The van der Waals surface area contributed by atoms with Crippen molar-refractivity contribution in [2.45, 2.75) is 11.8 Å². The van der Waals surface area contributed by atoms with Crippen LogP contribution in [-0.2, 0) is 11.2 Å². The molecule has 1 heterocycles. The summed E-state index contributed by atoms with van der Waals surface area (Å²) in [6, 6.07) is 14.1. The lowest BCUT2D eigenvalue weighted by Gasteiger charge is -2.25. The largest absolute Gasteiger partial charge is 0.493 e. The topological polar surface area (TPSA) is 48.0 Å². The Balaban J connectivity index is 1.85. The summed E-state index contributed by atoms with van der Waals surface area (Å²) in [6.07, 6.45) is 0.827. The molecule has 6 heteroatoms. The van der Waals surface area contributed by atoms with Gasteiger partial charge in [-0.15, -0.1) is 11.8 Å². The molecule has 1 aliphatic heterocycles. The van der Waals surface area contributed by atoms with Crippen molar-refractivity contribution in [3.05, 3.63) is 53.6 Å². The fraction of sp³-hybridized carbons (Fsp3) is 0.350. The van der Waals surface area contributed by atoms with Crippen LogP contribution in [0.5, 0.6) is 17.2 Å². The minimum Gasteiger partial charge on any atom is -0.493 e. The number of hydrogen-bond donors (Lipinski definition) is 0. The highest BCUT2D eigenvalue weighted by Gasteiger charge is 2.33. The van der Waals surface area contributed by atoms with Crippen LogP contribution in [0.3, 0.4) is 0 Å². The maximum absolute atomic E-state index is 12.4. The van der Waals surface area contributed by atoms with Crippen molar-refractivity contribution in [3.63, 3.8) is 0 Å². The molecule has 0 spiro atoms. The summed E-state index contributed by atoms with van der Waals surface area (Å²) in [7, 11) is 4.78. The van der Waals surface area contributed by atoms with E-state index in [1.165, 1.54) is 5.56 Å². The Kier molecular flexibility index (Phi) is 5.93. The number of rotatable bonds is 7. The van der Waals surface area contributed by atoms with Crippen LogP contribution in [-0.4, -0.2) is 44.4 Å². The third-order valence-corrected chi connectivity index (χ3v) is 5.68. The first-order valence-electron chi connectivity index (χ1n) is 8.42. The van der Waals surface area contributed by atoms with Crippen molar-refractivity contribution >= 4 is 17.7 Å². The normalized spacial score (nSPS) is 16.7. The summed E-state index contributed by atoms with van der Waals surface area (Å²) >= 11 is 1.62. The summed E-state index contributed by atoms with van der Waals surface area (Å²) in [6.45, 7) is 0.678. The predicted molar refractivity (Wildman–Crippen MR) is 103 cm³/mol. The monoisotopic (exact) mass is 373 g/mol. The highest BCUT2D eigenvalue weighted by atomic mass is 32.2. The van der Waals surface area contributed by atoms with Gasteiger partial charge in [0.2, 0.25) is 11.7 Å². The molecule has 1 atom stereocenters. The Labute approximate surface area is 158 Å². The van der Waals surface area contributed by atoms with Crippen LogP contribution < -0.4 is 14.2 Å². The van der Waals surface area contributed by atoms with Crippen molar-refractivity contribution in [2.24, 2.45) is 0 Å². The Morgan fingerprint density at radius 2 is 1.69 bits per heavy atom. The number of benzene rings is 2. The van der Waals surface area contributed by atoms with E-state index in [9.17, 15) is 4.79 Å². The Hall–Kier alpha value is -2.34. The van der Waals surface area contributed by atoms with Gasteiger partial charge in [-0.3, -0.25) is 4.79 Å². The fourth-order valence-electron chi connectivity index (χ4n) is 3.11. The zero-order valence-electron chi connectivity index (χ0n) is 15.2. The highest BCUT2D eigenvalue weighted by Crippen LogP contribution is 2.45. The third-order valence-electron chi connectivity index (χ3n) is 4.42. The zero-order valence-corrected chi connectivity index (χ0v) is 16.0. The number of carbonyl (C=O) groups excluding carboxylic acids is 1. The van der Waals surface area contributed by atoms with Crippen molar-refractivity contribution < 1.29 is 19.0 Å². The number of ether oxygens (including phenoxy) is 3. The van der Waals surface area contributed by atoms with E-state index < -0.39 is 0 Å². The number of methoxy groups -OCH3 is 3. The SMILES string of the molecule is COc1cc([C@H]2SCC(=O)N2CCc2ccccc2)cc(OC)c1OC. The summed E-state index contributed by atoms with van der Waals surface area (Å²) in [4.78, 5) is 14.4. The van der Waals surface area contributed by atoms with Crippen molar-refractivity contribution in [2.75, 3.05) is 33.6 Å². The molecule has 2 aromatic carbocycles. The van der Waals surface area contributed by atoms with E-state index in [-0.39, 0.29) is 11.3 Å². The third kappa shape index (κ3) is 3.75. The van der Waals surface area contributed by atoms with Crippen LogP contribution >= 0.6 is 11.8 Å². The average molecular weight is 373 g/mol. The molecule has 138 valence electrons. The summed E-state index contributed by atoms with van der Waals surface area (Å²) in [5, 5.41) is -0.0556. The molecule has 5 nitrogen and oxygen atoms in total. The second-order valence-electron chi connectivity index (χ2n) is 5.94. The predicted octanol–water partition coefficient (Wildman–Crippen LogP) is 3.53.